The number of unbranched alkanes of at least 4 members (excludes halogenated alkanes) is 2. The van der Waals surface area contributed by atoms with Crippen LogP contribution in [0.5, 0.6) is 11.5 Å². The van der Waals surface area contributed by atoms with Gasteiger partial charge in [-0.3, -0.25) is 4.98 Å². The fourth-order valence-corrected chi connectivity index (χ4v) is 11.7. The number of aromatic nitrogens is 1. The van der Waals surface area contributed by atoms with Crippen LogP contribution < -0.4 is 14.8 Å². The molecule has 3 aromatic carbocycles. The number of pyridine rings is 1. The maximum Gasteiger partial charge on any atom is 0.412 e. The van der Waals surface area contributed by atoms with Gasteiger partial charge in [-0.1, -0.05) is 85.6 Å². The van der Waals surface area contributed by atoms with Crippen molar-refractivity contribution in [2.24, 2.45) is 22.9 Å². The number of hydrogen-bond donors (Lipinski definition) is 3. The lowest BCUT2D eigenvalue weighted by Gasteiger charge is -2.59. The van der Waals surface area contributed by atoms with E-state index in [1.807, 2.05) is 62.4 Å². The summed E-state index contributed by atoms with van der Waals surface area (Å²) in [6.45, 7) is 8.67. The molecule has 0 radical (unpaired) electrons. The molecular formula is C49H60N4O9S. The third kappa shape index (κ3) is 9.70. The number of ether oxygens (including phenoxy) is 3. The summed E-state index contributed by atoms with van der Waals surface area (Å²) in [5.41, 5.74) is 3.53. The van der Waals surface area contributed by atoms with Crippen molar-refractivity contribution in [3.05, 3.63) is 120 Å². The summed E-state index contributed by atoms with van der Waals surface area (Å²) in [4.78, 5) is 23.7. The first-order valence-corrected chi connectivity index (χ1v) is 23.7. The van der Waals surface area contributed by atoms with Gasteiger partial charge >= 0.3 is 6.09 Å². The highest BCUT2D eigenvalue weighted by molar-refractivity contribution is 7.89. The Hall–Kier alpha value is -5.12. The van der Waals surface area contributed by atoms with Crippen molar-refractivity contribution in [1.29, 1.82) is 0 Å². The number of benzene rings is 3. The van der Waals surface area contributed by atoms with Crippen LogP contribution in [0.2, 0.25) is 0 Å². The summed E-state index contributed by atoms with van der Waals surface area (Å²) >= 11 is 0. The minimum absolute atomic E-state index is 0.00564. The van der Waals surface area contributed by atoms with E-state index in [9.17, 15) is 15.0 Å². The van der Waals surface area contributed by atoms with E-state index in [1.165, 1.54) is 4.31 Å². The second-order valence-corrected chi connectivity index (χ2v) is 18.2. The van der Waals surface area contributed by atoms with E-state index in [1.54, 1.807) is 42.6 Å². The Morgan fingerprint density at radius 3 is 2.54 bits per heavy atom. The van der Waals surface area contributed by atoms with Crippen LogP contribution >= 0.6 is 0 Å². The van der Waals surface area contributed by atoms with E-state index in [0.29, 0.717) is 54.0 Å². The molecule has 6 atom stereocenters. The van der Waals surface area contributed by atoms with E-state index in [-0.39, 0.29) is 62.0 Å². The smallest absolute Gasteiger partial charge is 0.412 e. The second-order valence-electron chi connectivity index (χ2n) is 16.4. The van der Waals surface area contributed by atoms with Crippen LogP contribution in [0.4, 0.5) is 4.79 Å². The fraction of sp³-hybridized carbons (Fsp3) is 0.449. The number of allylic oxidation sites excluding steroid dienone is 1. The molecule has 1 aliphatic heterocycles. The summed E-state index contributed by atoms with van der Waals surface area (Å²) < 4.78 is 52.7. The zero-order chi connectivity index (χ0) is 44.4. The second kappa shape index (κ2) is 21.0. The predicted octanol–water partition coefficient (Wildman–Crippen LogP) is 8.28. The average Bonchev–Trinajstić information content (AvgIpc) is 3.30. The lowest BCUT2D eigenvalue weighted by atomic mass is 9.55. The molecule has 7 rings (SSSR count). The maximum atomic E-state index is 15.4. The van der Waals surface area contributed by atoms with Gasteiger partial charge in [0.05, 0.1) is 29.8 Å². The molecule has 2 aliphatic carbocycles. The van der Waals surface area contributed by atoms with Gasteiger partial charge in [0.1, 0.15) is 23.0 Å². The number of aliphatic hydroxyl groups excluding tert-OH is 2. The van der Waals surface area contributed by atoms with Gasteiger partial charge < -0.3 is 34.6 Å². The molecule has 4 aromatic rings. The number of nitrogens with zero attached hydrogens (tertiary/aromatic N) is 3. The molecule has 1 amide bonds. The van der Waals surface area contributed by atoms with Gasteiger partial charge in [-0.05, 0) is 92.3 Å². The minimum atomic E-state index is -4.30. The number of hydrogen-bond acceptors (Lipinski definition) is 11. The number of amides is 1. The number of carbonyl (C=O) groups excluding carboxylic acids is 1. The topological polar surface area (TPSA) is 169 Å². The average molecular weight is 881 g/mol. The largest absolute Gasteiger partial charge is 0.460 e. The molecule has 0 saturated heterocycles. The molecule has 1 aromatic heterocycles. The highest BCUT2D eigenvalue weighted by Crippen LogP contribution is 2.62. The van der Waals surface area contributed by atoms with Crippen LogP contribution in [0.25, 0.3) is 10.9 Å². The van der Waals surface area contributed by atoms with Crippen LogP contribution in [-0.4, -0.2) is 84.5 Å². The number of aliphatic hydroxyl groups is 2. The Bertz CT molecular complexity index is 2370. The number of nitrogens with one attached hydrogen (secondary N) is 1. The zero-order valence-electron chi connectivity index (χ0n) is 36.2. The third-order valence-corrected chi connectivity index (χ3v) is 14.4. The van der Waals surface area contributed by atoms with E-state index < -0.39 is 33.9 Å². The molecule has 63 heavy (non-hydrogen) atoms. The number of rotatable bonds is 21. The molecule has 3 N–H and O–H groups in total. The number of fused-ring (bicyclic) bond motifs is 3. The van der Waals surface area contributed by atoms with Crippen LogP contribution in [0.1, 0.15) is 82.3 Å². The van der Waals surface area contributed by atoms with Gasteiger partial charge in [0.25, 0.3) is 0 Å². The van der Waals surface area contributed by atoms with Crippen LogP contribution in [0, 0.1) is 17.8 Å². The van der Waals surface area contributed by atoms with Gasteiger partial charge in [-0.2, -0.15) is 4.31 Å². The lowest BCUT2D eigenvalue weighted by Crippen LogP contribution is -2.70. The van der Waals surface area contributed by atoms with Gasteiger partial charge in [-0.15, -0.1) is 6.58 Å². The van der Waals surface area contributed by atoms with Gasteiger partial charge in [0.15, 0.2) is 0 Å². The SMILES string of the molecule is C=CCO[C@@]12Oc3ccc(OC(=O)NCc4ccccc4)cc3[C@H]3[C@H](CCCCO)[C@@H](CCCCO)C=C(C(=NOCC)C[C@@H]1N(CCC)S(=O)(=O)c1cccc4cccnc14)[C@H]32. The Balaban J connectivity index is 1.43. The minimum Gasteiger partial charge on any atom is -0.460 e. The molecule has 336 valence electrons. The molecule has 14 heteroatoms. The zero-order valence-corrected chi connectivity index (χ0v) is 37.0. The van der Waals surface area contributed by atoms with Crippen molar-refractivity contribution in [3.63, 3.8) is 0 Å². The molecule has 13 nitrogen and oxygen atoms in total. The first kappa shape index (κ1) is 45.9. The normalized spacial score (nSPS) is 23.3. The van der Waals surface area contributed by atoms with E-state index in [4.69, 9.17) is 24.2 Å². The predicted molar refractivity (Wildman–Crippen MR) is 242 cm³/mol. The summed E-state index contributed by atoms with van der Waals surface area (Å²) in [5.74, 6) is -1.87. The van der Waals surface area contributed by atoms with Crippen LogP contribution in [0.15, 0.2) is 119 Å². The standard InChI is InChI=1S/C49H60N4O9S/c1-4-26-53(63(57,58)43-22-14-19-35-20-15-25-50-47(35)43)44-32-41(52-60-6-3)39-30-36(18-10-12-27-54)38(21-11-13-28-55)45-40-31-37(61-48(56)51-33-34-16-8-7-9-17-34)23-24-42(40)62-49(44,46(39)45)59-29-5-2/h5,7-9,14-17,19-20,22-25,30-31,36,38,44-46,54-55H,2,4,6,10-13,18,21,26-29,32-33H2,1,3H3,(H,51,56)/t36-,38+,44-,45+,46+,49+/m0/s1. The Labute approximate surface area is 370 Å². The number of para-hydroxylation sites is 1. The van der Waals surface area contributed by atoms with Gasteiger partial charge in [0.2, 0.25) is 15.8 Å². The Morgan fingerprint density at radius 2 is 1.79 bits per heavy atom. The van der Waals surface area contributed by atoms with Crippen LogP contribution in [-0.2, 0) is 26.1 Å². The molecule has 3 aliphatic rings. The molecule has 1 fully saturated rings. The maximum absolute atomic E-state index is 15.4. The van der Waals surface area contributed by atoms with Crippen molar-refractivity contribution in [2.75, 3.05) is 33.0 Å². The monoisotopic (exact) mass is 880 g/mol. The van der Waals surface area contributed by atoms with E-state index in [2.05, 4.69) is 23.0 Å². The van der Waals surface area contributed by atoms with E-state index >= 15 is 8.42 Å². The van der Waals surface area contributed by atoms with Crippen molar-refractivity contribution in [3.8, 4) is 11.5 Å². The molecule has 1 saturated carbocycles. The van der Waals surface area contributed by atoms with Crippen molar-refractivity contribution in [2.45, 2.75) is 94.4 Å². The highest BCUT2D eigenvalue weighted by Gasteiger charge is 2.66. The first-order chi connectivity index (χ1) is 30.7. The van der Waals surface area contributed by atoms with Gasteiger partial charge in [-0.25, -0.2) is 13.2 Å². The summed E-state index contributed by atoms with van der Waals surface area (Å²) in [6, 6.07) is 22.7. The molecule has 0 bridgehead atoms. The quantitative estimate of drug-likeness (QED) is 0.0421. The van der Waals surface area contributed by atoms with E-state index in [0.717, 1.165) is 42.4 Å². The third-order valence-electron chi connectivity index (χ3n) is 12.4. The summed E-state index contributed by atoms with van der Waals surface area (Å²) in [7, 11) is -4.30. The summed E-state index contributed by atoms with van der Waals surface area (Å²) in [6.07, 6.45) is 9.69. The summed E-state index contributed by atoms with van der Waals surface area (Å²) in [5, 5.41) is 28.1. The molecular weight excluding hydrogens is 821 g/mol. The molecule has 2 heterocycles. The molecule has 0 spiro atoms. The molecule has 0 unspecified atom stereocenters. The van der Waals surface area contributed by atoms with Crippen molar-refractivity contribution < 1.29 is 42.5 Å². The van der Waals surface area contributed by atoms with Crippen LogP contribution in [0.3, 0.4) is 0 Å². The fourth-order valence-electron chi connectivity index (χ4n) is 9.82. The number of sulfonamides is 1. The Morgan fingerprint density at radius 1 is 1.02 bits per heavy atom. The highest BCUT2D eigenvalue weighted by atomic mass is 32.2. The van der Waals surface area contributed by atoms with Gasteiger partial charge in [0, 0.05) is 55.8 Å². The van der Waals surface area contributed by atoms with Crippen molar-refractivity contribution >= 4 is 32.7 Å². The number of carbonyl (C=O) groups is 1. The lowest BCUT2D eigenvalue weighted by molar-refractivity contribution is -0.251. The first-order valence-electron chi connectivity index (χ1n) is 22.3. The van der Waals surface area contributed by atoms with Crippen molar-refractivity contribution in [1.82, 2.24) is 14.6 Å². The Kier molecular flexibility index (Phi) is 15.3. The number of oxime groups is 1.